The Morgan fingerprint density at radius 2 is 2.26 bits per heavy atom. The smallest absolute Gasteiger partial charge is 0.203 e. The minimum atomic E-state index is 0.111. The standard InChI is InChI=1S/C13H17N5O/c1-9(19)11-4-3-6-17(8-11)12-13-16-15-10(2)18(13)7-5-14-12/h5,7,11H,3-4,6,8H2,1-2H3. The summed E-state index contributed by atoms with van der Waals surface area (Å²) in [6, 6.07) is 0. The second-order valence-electron chi connectivity index (χ2n) is 5.09. The van der Waals surface area contributed by atoms with Crippen molar-refractivity contribution < 1.29 is 4.79 Å². The summed E-state index contributed by atoms with van der Waals surface area (Å²) in [5.41, 5.74) is 0.768. The Bertz CT molecular complexity index is 621. The topological polar surface area (TPSA) is 63.4 Å². The molecule has 3 heterocycles. The number of Topliss-reactive ketones (excluding diaryl/α,β-unsaturated/α-hetero) is 1. The molecule has 0 aromatic carbocycles. The van der Waals surface area contributed by atoms with Gasteiger partial charge in [-0.2, -0.15) is 0 Å². The molecule has 0 bridgehead atoms. The molecule has 3 rings (SSSR count). The Labute approximate surface area is 111 Å². The summed E-state index contributed by atoms with van der Waals surface area (Å²) < 4.78 is 1.93. The third-order valence-corrected chi connectivity index (χ3v) is 3.77. The van der Waals surface area contributed by atoms with E-state index >= 15 is 0 Å². The molecular formula is C13H17N5O. The second-order valence-corrected chi connectivity index (χ2v) is 5.09. The molecule has 0 saturated carbocycles. The van der Waals surface area contributed by atoms with Crippen LogP contribution < -0.4 is 4.90 Å². The van der Waals surface area contributed by atoms with Crippen LogP contribution in [0.3, 0.4) is 0 Å². The van der Waals surface area contributed by atoms with Gasteiger partial charge in [-0.15, -0.1) is 10.2 Å². The van der Waals surface area contributed by atoms with Gasteiger partial charge in [-0.1, -0.05) is 0 Å². The van der Waals surface area contributed by atoms with E-state index in [2.05, 4.69) is 20.1 Å². The first-order valence-electron chi connectivity index (χ1n) is 6.58. The van der Waals surface area contributed by atoms with E-state index in [1.165, 1.54) is 0 Å². The maximum atomic E-state index is 11.6. The summed E-state index contributed by atoms with van der Waals surface area (Å²) in [6.45, 7) is 5.23. The Morgan fingerprint density at radius 1 is 1.42 bits per heavy atom. The van der Waals surface area contributed by atoms with E-state index in [-0.39, 0.29) is 11.7 Å². The Morgan fingerprint density at radius 3 is 3.05 bits per heavy atom. The van der Waals surface area contributed by atoms with E-state index in [1.807, 2.05) is 17.5 Å². The van der Waals surface area contributed by atoms with Crippen molar-refractivity contribution in [1.82, 2.24) is 19.6 Å². The number of hydrogen-bond acceptors (Lipinski definition) is 5. The Balaban J connectivity index is 1.97. The van der Waals surface area contributed by atoms with Gasteiger partial charge in [0, 0.05) is 31.4 Å². The monoisotopic (exact) mass is 259 g/mol. The average Bonchev–Trinajstić information content (AvgIpc) is 2.81. The van der Waals surface area contributed by atoms with Gasteiger partial charge in [0.2, 0.25) is 5.65 Å². The molecule has 1 aliphatic rings. The third-order valence-electron chi connectivity index (χ3n) is 3.77. The van der Waals surface area contributed by atoms with E-state index < -0.39 is 0 Å². The summed E-state index contributed by atoms with van der Waals surface area (Å²) in [6.07, 6.45) is 5.61. The number of fused-ring (bicyclic) bond motifs is 1. The summed E-state index contributed by atoms with van der Waals surface area (Å²) >= 11 is 0. The van der Waals surface area contributed by atoms with Crippen molar-refractivity contribution in [2.75, 3.05) is 18.0 Å². The highest BCUT2D eigenvalue weighted by atomic mass is 16.1. The molecule has 1 atom stereocenters. The molecule has 0 spiro atoms. The maximum absolute atomic E-state index is 11.6. The van der Waals surface area contributed by atoms with Crippen LogP contribution >= 0.6 is 0 Å². The molecule has 2 aromatic heterocycles. The van der Waals surface area contributed by atoms with Gasteiger partial charge in [-0.05, 0) is 26.7 Å². The highest BCUT2D eigenvalue weighted by Crippen LogP contribution is 2.24. The quantitative estimate of drug-likeness (QED) is 0.812. The molecule has 0 aliphatic carbocycles. The molecule has 19 heavy (non-hydrogen) atoms. The molecule has 100 valence electrons. The number of piperidine rings is 1. The van der Waals surface area contributed by atoms with Gasteiger partial charge in [-0.3, -0.25) is 9.20 Å². The van der Waals surface area contributed by atoms with Crippen LogP contribution in [0.5, 0.6) is 0 Å². The highest BCUT2D eigenvalue weighted by Gasteiger charge is 2.25. The van der Waals surface area contributed by atoms with Gasteiger partial charge >= 0.3 is 0 Å². The molecule has 0 radical (unpaired) electrons. The highest BCUT2D eigenvalue weighted by molar-refractivity contribution is 5.79. The maximum Gasteiger partial charge on any atom is 0.203 e. The first-order chi connectivity index (χ1) is 9.16. The number of nitrogens with zero attached hydrogens (tertiary/aromatic N) is 5. The van der Waals surface area contributed by atoms with Crippen LogP contribution in [0.1, 0.15) is 25.6 Å². The lowest BCUT2D eigenvalue weighted by molar-refractivity contribution is -0.120. The van der Waals surface area contributed by atoms with Gasteiger partial charge in [0.25, 0.3) is 0 Å². The van der Waals surface area contributed by atoms with Crippen LogP contribution in [0.4, 0.5) is 5.82 Å². The number of carbonyl (C=O) groups is 1. The Hall–Kier alpha value is -1.98. The number of aryl methyl sites for hydroxylation is 1. The molecule has 1 fully saturated rings. The van der Waals surface area contributed by atoms with Crippen LogP contribution in [-0.2, 0) is 4.79 Å². The minimum absolute atomic E-state index is 0.111. The first-order valence-corrected chi connectivity index (χ1v) is 6.58. The third kappa shape index (κ3) is 2.07. The van der Waals surface area contributed by atoms with E-state index in [9.17, 15) is 4.79 Å². The predicted octanol–water partition coefficient (Wildman–Crippen LogP) is 1.24. The Kier molecular flexibility index (Phi) is 2.93. The van der Waals surface area contributed by atoms with E-state index in [0.717, 1.165) is 43.2 Å². The van der Waals surface area contributed by atoms with E-state index in [1.54, 1.807) is 13.1 Å². The largest absolute Gasteiger partial charge is 0.353 e. The SMILES string of the molecule is CC(=O)C1CCCN(c2nccn3c(C)nnc23)C1. The van der Waals surface area contributed by atoms with Crippen molar-refractivity contribution in [3.05, 3.63) is 18.2 Å². The number of ketones is 1. The fourth-order valence-electron chi connectivity index (χ4n) is 2.65. The normalized spacial score (nSPS) is 19.9. The van der Waals surface area contributed by atoms with E-state index in [0.29, 0.717) is 0 Å². The van der Waals surface area contributed by atoms with Gasteiger partial charge in [0.05, 0.1) is 0 Å². The zero-order valence-electron chi connectivity index (χ0n) is 11.2. The van der Waals surface area contributed by atoms with Gasteiger partial charge in [-0.25, -0.2) is 4.98 Å². The molecule has 2 aromatic rings. The number of carbonyl (C=O) groups excluding carboxylic acids is 1. The molecule has 0 amide bonds. The summed E-state index contributed by atoms with van der Waals surface area (Å²) in [5, 5.41) is 8.27. The van der Waals surface area contributed by atoms with Crippen molar-refractivity contribution in [3.63, 3.8) is 0 Å². The van der Waals surface area contributed by atoms with Crippen molar-refractivity contribution in [2.24, 2.45) is 5.92 Å². The van der Waals surface area contributed by atoms with Gasteiger partial charge in [0.1, 0.15) is 11.6 Å². The first kappa shape index (κ1) is 12.1. The molecule has 0 N–H and O–H groups in total. The van der Waals surface area contributed by atoms with Crippen LogP contribution in [-0.4, -0.2) is 38.5 Å². The molecule has 1 aliphatic heterocycles. The molecule has 6 heteroatoms. The number of hydrogen-bond donors (Lipinski definition) is 0. The fourth-order valence-corrected chi connectivity index (χ4v) is 2.65. The van der Waals surface area contributed by atoms with Crippen LogP contribution in [0, 0.1) is 12.8 Å². The minimum Gasteiger partial charge on any atom is -0.353 e. The molecule has 6 nitrogen and oxygen atoms in total. The zero-order valence-corrected chi connectivity index (χ0v) is 11.2. The van der Waals surface area contributed by atoms with Crippen molar-refractivity contribution >= 4 is 17.2 Å². The number of rotatable bonds is 2. The molecular weight excluding hydrogens is 242 g/mol. The number of aromatic nitrogens is 4. The van der Waals surface area contributed by atoms with Crippen molar-refractivity contribution in [1.29, 1.82) is 0 Å². The number of anilines is 1. The van der Waals surface area contributed by atoms with Crippen LogP contribution in [0.25, 0.3) is 5.65 Å². The second kappa shape index (κ2) is 4.60. The summed E-state index contributed by atoms with van der Waals surface area (Å²) in [5.74, 6) is 2.04. The van der Waals surface area contributed by atoms with Crippen molar-refractivity contribution in [2.45, 2.75) is 26.7 Å². The van der Waals surface area contributed by atoms with E-state index in [4.69, 9.17) is 0 Å². The van der Waals surface area contributed by atoms with Crippen LogP contribution in [0.2, 0.25) is 0 Å². The predicted molar refractivity (Wildman–Crippen MR) is 71.1 cm³/mol. The fraction of sp³-hybridized carbons (Fsp3) is 0.538. The van der Waals surface area contributed by atoms with Gasteiger partial charge < -0.3 is 4.90 Å². The average molecular weight is 259 g/mol. The van der Waals surface area contributed by atoms with Gasteiger partial charge in [0.15, 0.2) is 5.82 Å². The summed E-state index contributed by atoms with van der Waals surface area (Å²) in [4.78, 5) is 18.1. The lowest BCUT2D eigenvalue weighted by Gasteiger charge is -2.32. The van der Waals surface area contributed by atoms with Crippen molar-refractivity contribution in [3.8, 4) is 0 Å². The van der Waals surface area contributed by atoms with Crippen LogP contribution in [0.15, 0.2) is 12.4 Å². The lowest BCUT2D eigenvalue weighted by Crippen LogP contribution is -2.38. The molecule has 1 unspecified atom stereocenters. The molecule has 1 saturated heterocycles. The summed E-state index contributed by atoms with van der Waals surface area (Å²) in [7, 11) is 0. The zero-order chi connectivity index (χ0) is 13.4. The lowest BCUT2D eigenvalue weighted by atomic mass is 9.95.